The molecular weight excluding hydrogens is 276 g/mol. The highest BCUT2D eigenvalue weighted by molar-refractivity contribution is 5.94. The Balaban J connectivity index is 1.97. The molecule has 0 aliphatic heterocycles. The van der Waals surface area contributed by atoms with E-state index in [0.717, 1.165) is 5.56 Å². The second kappa shape index (κ2) is 6.85. The number of hydrogen-bond acceptors (Lipinski definition) is 3. The monoisotopic (exact) mass is 294 g/mol. The van der Waals surface area contributed by atoms with Crippen LogP contribution >= 0.6 is 0 Å². The van der Waals surface area contributed by atoms with Gasteiger partial charge < -0.3 is 4.74 Å². The van der Waals surface area contributed by atoms with Gasteiger partial charge in [-0.3, -0.25) is 9.59 Å². The van der Waals surface area contributed by atoms with Gasteiger partial charge in [-0.15, -0.1) is 0 Å². The van der Waals surface area contributed by atoms with Crippen LogP contribution in [0.3, 0.4) is 0 Å². The van der Waals surface area contributed by atoms with Gasteiger partial charge >= 0.3 is 0 Å². The van der Waals surface area contributed by atoms with E-state index in [0.29, 0.717) is 29.1 Å². The number of ketones is 2. The Labute approximate surface area is 130 Å². The van der Waals surface area contributed by atoms with Crippen LogP contribution in [0.25, 0.3) is 0 Å². The van der Waals surface area contributed by atoms with E-state index in [1.807, 2.05) is 12.1 Å². The summed E-state index contributed by atoms with van der Waals surface area (Å²) in [7, 11) is 0. The average molecular weight is 294 g/mol. The molecule has 0 fully saturated rings. The van der Waals surface area contributed by atoms with Gasteiger partial charge in [0.2, 0.25) is 0 Å². The Morgan fingerprint density at radius 2 is 1.32 bits per heavy atom. The molecule has 0 atom stereocenters. The minimum Gasteiger partial charge on any atom is -0.462 e. The maximum atomic E-state index is 11.2. The van der Waals surface area contributed by atoms with Crippen molar-refractivity contribution in [3.63, 3.8) is 0 Å². The summed E-state index contributed by atoms with van der Waals surface area (Å²) in [6.45, 7) is 6.97. The van der Waals surface area contributed by atoms with Crippen LogP contribution in [0.1, 0.15) is 40.1 Å². The molecule has 0 unspecified atom stereocenters. The molecular formula is C19H18O3. The minimum atomic E-state index is 0.0240. The summed E-state index contributed by atoms with van der Waals surface area (Å²) in [5, 5.41) is 0. The Morgan fingerprint density at radius 3 is 1.77 bits per heavy atom. The highest BCUT2D eigenvalue weighted by Crippen LogP contribution is 2.17. The third kappa shape index (κ3) is 4.16. The summed E-state index contributed by atoms with van der Waals surface area (Å²) in [5.41, 5.74) is 2.36. The van der Waals surface area contributed by atoms with Crippen molar-refractivity contribution in [1.82, 2.24) is 0 Å². The summed E-state index contributed by atoms with van der Waals surface area (Å²) >= 11 is 0. The van der Waals surface area contributed by atoms with Crippen LogP contribution in [0.2, 0.25) is 0 Å². The predicted octanol–water partition coefficient (Wildman–Crippen LogP) is 4.23. The third-order valence-corrected chi connectivity index (χ3v) is 3.28. The fourth-order valence-corrected chi connectivity index (χ4v) is 2.05. The van der Waals surface area contributed by atoms with Crippen LogP contribution in [-0.2, 0) is 6.42 Å². The van der Waals surface area contributed by atoms with E-state index in [-0.39, 0.29) is 11.6 Å². The molecule has 2 rings (SSSR count). The second-order valence-corrected chi connectivity index (χ2v) is 5.15. The van der Waals surface area contributed by atoms with Crippen LogP contribution in [0.15, 0.2) is 60.9 Å². The highest BCUT2D eigenvalue weighted by Gasteiger charge is 2.04. The average Bonchev–Trinajstić information content (AvgIpc) is 2.48. The van der Waals surface area contributed by atoms with Crippen LogP contribution in [-0.4, -0.2) is 11.6 Å². The van der Waals surface area contributed by atoms with Gasteiger partial charge in [-0.1, -0.05) is 30.8 Å². The molecule has 2 aromatic rings. The Kier molecular flexibility index (Phi) is 4.89. The van der Waals surface area contributed by atoms with Gasteiger partial charge in [-0.2, -0.15) is 0 Å². The van der Waals surface area contributed by atoms with E-state index in [1.165, 1.54) is 6.92 Å². The molecule has 0 aliphatic carbocycles. The van der Waals surface area contributed by atoms with Crippen LogP contribution in [0.4, 0.5) is 0 Å². The molecule has 0 spiro atoms. The number of carbonyl (C=O) groups is 2. The Morgan fingerprint density at radius 1 is 0.864 bits per heavy atom. The molecule has 2 aromatic carbocycles. The summed E-state index contributed by atoms with van der Waals surface area (Å²) < 4.78 is 5.66. The van der Waals surface area contributed by atoms with E-state index in [9.17, 15) is 9.59 Å². The Hall–Kier alpha value is -2.68. The molecule has 0 aromatic heterocycles. The van der Waals surface area contributed by atoms with Crippen molar-refractivity contribution in [2.75, 3.05) is 0 Å². The molecule has 22 heavy (non-hydrogen) atoms. The lowest BCUT2D eigenvalue weighted by molar-refractivity contribution is 0.100. The first-order chi connectivity index (χ1) is 10.5. The van der Waals surface area contributed by atoms with Gasteiger partial charge in [0.05, 0.1) is 0 Å². The normalized spacial score (nSPS) is 10.1. The van der Waals surface area contributed by atoms with E-state index < -0.39 is 0 Å². The minimum absolute atomic E-state index is 0.0240. The van der Waals surface area contributed by atoms with Gasteiger partial charge in [0, 0.05) is 17.5 Å². The van der Waals surface area contributed by atoms with Gasteiger partial charge in [-0.05, 0) is 43.7 Å². The fourth-order valence-electron chi connectivity index (χ4n) is 2.05. The lowest BCUT2D eigenvalue weighted by Gasteiger charge is -2.09. The molecule has 0 saturated heterocycles. The van der Waals surface area contributed by atoms with Crippen molar-refractivity contribution in [2.45, 2.75) is 20.3 Å². The highest BCUT2D eigenvalue weighted by atomic mass is 16.5. The molecule has 0 saturated carbocycles. The first-order valence-electron chi connectivity index (χ1n) is 7.02. The summed E-state index contributed by atoms with van der Waals surface area (Å²) in [6.07, 6.45) is 0.562. The van der Waals surface area contributed by atoms with Crippen molar-refractivity contribution >= 4 is 11.6 Å². The zero-order valence-electron chi connectivity index (χ0n) is 12.8. The standard InChI is InChI=1S/C19H18O3/c1-13(12-16-4-6-17(7-5-16)14(2)20)22-19-10-8-18(9-11-19)15(3)21/h4-11H,1,12H2,2-3H3. The van der Waals surface area contributed by atoms with Crippen molar-refractivity contribution in [2.24, 2.45) is 0 Å². The number of rotatable bonds is 6. The number of Topliss-reactive ketones (excluding diaryl/α,β-unsaturated/α-hetero) is 2. The number of hydrogen-bond donors (Lipinski definition) is 0. The maximum Gasteiger partial charge on any atom is 0.159 e. The molecule has 112 valence electrons. The fraction of sp³-hybridized carbons (Fsp3) is 0.158. The van der Waals surface area contributed by atoms with Gasteiger partial charge in [0.25, 0.3) is 0 Å². The molecule has 0 radical (unpaired) electrons. The van der Waals surface area contributed by atoms with Crippen molar-refractivity contribution in [3.05, 3.63) is 77.6 Å². The van der Waals surface area contributed by atoms with Crippen LogP contribution in [0.5, 0.6) is 5.75 Å². The first-order valence-corrected chi connectivity index (χ1v) is 7.02. The van der Waals surface area contributed by atoms with Crippen molar-refractivity contribution in [3.8, 4) is 5.75 Å². The zero-order valence-corrected chi connectivity index (χ0v) is 12.8. The maximum absolute atomic E-state index is 11.2. The second-order valence-electron chi connectivity index (χ2n) is 5.15. The quantitative estimate of drug-likeness (QED) is 0.591. The van der Waals surface area contributed by atoms with Gasteiger partial charge in [0.1, 0.15) is 11.5 Å². The van der Waals surface area contributed by atoms with Crippen molar-refractivity contribution < 1.29 is 14.3 Å². The van der Waals surface area contributed by atoms with Crippen LogP contribution < -0.4 is 4.74 Å². The zero-order chi connectivity index (χ0) is 16.1. The molecule has 0 N–H and O–H groups in total. The topological polar surface area (TPSA) is 43.4 Å². The largest absolute Gasteiger partial charge is 0.462 e. The van der Waals surface area contributed by atoms with Crippen molar-refractivity contribution in [1.29, 1.82) is 0 Å². The smallest absolute Gasteiger partial charge is 0.159 e. The van der Waals surface area contributed by atoms with E-state index in [1.54, 1.807) is 43.3 Å². The lowest BCUT2D eigenvalue weighted by atomic mass is 10.1. The molecule has 0 aliphatic rings. The Bertz CT molecular complexity index is 633. The summed E-state index contributed by atoms with van der Waals surface area (Å²) in [5.74, 6) is 1.32. The molecule has 0 amide bonds. The number of carbonyl (C=O) groups excluding carboxylic acids is 2. The third-order valence-electron chi connectivity index (χ3n) is 3.28. The number of ether oxygens (including phenoxy) is 1. The summed E-state index contributed by atoms with van der Waals surface area (Å²) in [4.78, 5) is 22.4. The number of allylic oxidation sites excluding steroid dienone is 1. The molecule has 0 bridgehead atoms. The van der Waals surface area contributed by atoms with Gasteiger partial charge in [0.15, 0.2) is 11.6 Å². The predicted molar refractivity (Wildman–Crippen MR) is 86.4 cm³/mol. The van der Waals surface area contributed by atoms with Crippen LogP contribution in [0, 0.1) is 0 Å². The van der Waals surface area contributed by atoms with E-state index in [4.69, 9.17) is 4.74 Å². The molecule has 0 heterocycles. The van der Waals surface area contributed by atoms with Gasteiger partial charge in [-0.25, -0.2) is 0 Å². The SMILES string of the molecule is C=C(Cc1ccc(C(C)=O)cc1)Oc1ccc(C(C)=O)cc1. The molecule has 3 heteroatoms. The lowest BCUT2D eigenvalue weighted by Crippen LogP contribution is -1.99. The number of benzene rings is 2. The first kappa shape index (κ1) is 15.7. The van der Waals surface area contributed by atoms with E-state index >= 15 is 0 Å². The molecule has 3 nitrogen and oxygen atoms in total. The summed E-state index contributed by atoms with van der Waals surface area (Å²) in [6, 6.07) is 14.3. The van der Waals surface area contributed by atoms with E-state index in [2.05, 4.69) is 6.58 Å².